The average Bonchev–Trinajstić information content (AvgIpc) is 2.92. The molecule has 1 aromatic rings. The Morgan fingerprint density at radius 2 is 1.82 bits per heavy atom. The van der Waals surface area contributed by atoms with Crippen molar-refractivity contribution in [2.45, 2.75) is 44.7 Å². The van der Waals surface area contributed by atoms with E-state index in [2.05, 4.69) is 5.32 Å². The number of carbonyl (C=O) groups excluding carboxylic acids is 1. The van der Waals surface area contributed by atoms with Gasteiger partial charge in [0.05, 0.1) is 11.9 Å². The van der Waals surface area contributed by atoms with E-state index in [0.29, 0.717) is 0 Å². The quantitative estimate of drug-likeness (QED) is 0.899. The maximum Gasteiger partial charge on any atom is 0.243 e. The van der Waals surface area contributed by atoms with E-state index in [1.54, 1.807) is 0 Å². The summed E-state index contributed by atoms with van der Waals surface area (Å²) in [7, 11) is -3.66. The van der Waals surface area contributed by atoms with Gasteiger partial charge in [0.1, 0.15) is 11.9 Å². The lowest BCUT2D eigenvalue weighted by Crippen LogP contribution is -2.49. The Morgan fingerprint density at radius 3 is 2.32 bits per heavy atom. The molecule has 0 aliphatic heterocycles. The van der Waals surface area contributed by atoms with Crippen molar-refractivity contribution in [3.63, 3.8) is 0 Å². The lowest BCUT2D eigenvalue weighted by Gasteiger charge is -2.29. The van der Waals surface area contributed by atoms with Gasteiger partial charge in [-0.05, 0) is 44.0 Å². The highest BCUT2D eigenvalue weighted by atomic mass is 32.2. The highest BCUT2D eigenvalue weighted by Gasteiger charge is 2.30. The van der Waals surface area contributed by atoms with Crippen LogP contribution in [-0.2, 0) is 14.8 Å². The van der Waals surface area contributed by atoms with Gasteiger partial charge in [0, 0.05) is 6.04 Å². The highest BCUT2D eigenvalue weighted by Crippen LogP contribution is 2.22. The van der Waals surface area contributed by atoms with E-state index < -0.39 is 21.9 Å². The third-order valence-electron chi connectivity index (χ3n) is 3.87. The second-order valence-electron chi connectivity index (χ2n) is 5.70. The van der Waals surface area contributed by atoms with Crippen LogP contribution in [-0.4, -0.2) is 32.7 Å². The summed E-state index contributed by atoms with van der Waals surface area (Å²) < 4.78 is 38.2. The van der Waals surface area contributed by atoms with Crippen molar-refractivity contribution in [2.24, 2.45) is 0 Å². The molecule has 1 fully saturated rings. The van der Waals surface area contributed by atoms with Crippen LogP contribution in [0, 0.1) is 5.82 Å². The van der Waals surface area contributed by atoms with E-state index in [1.165, 1.54) is 31.2 Å². The fraction of sp³-hybridized carbons (Fsp3) is 0.533. The molecule has 0 saturated heterocycles. The fourth-order valence-corrected chi connectivity index (χ4v) is 3.96. The molecule has 1 saturated carbocycles. The monoisotopic (exact) mass is 328 g/mol. The smallest absolute Gasteiger partial charge is 0.243 e. The van der Waals surface area contributed by atoms with E-state index in [4.69, 9.17) is 0 Å². The summed E-state index contributed by atoms with van der Waals surface area (Å²) in [5.74, 6) is -0.790. The van der Waals surface area contributed by atoms with E-state index in [9.17, 15) is 17.6 Å². The third-order valence-corrected chi connectivity index (χ3v) is 5.11. The minimum absolute atomic E-state index is 0.115. The van der Waals surface area contributed by atoms with Crippen molar-refractivity contribution in [3.8, 4) is 0 Å². The summed E-state index contributed by atoms with van der Waals surface area (Å²) in [4.78, 5) is 12.3. The predicted molar refractivity (Wildman–Crippen MR) is 83.6 cm³/mol. The summed E-state index contributed by atoms with van der Waals surface area (Å²) in [5, 5.41) is 2.89. The lowest BCUT2D eigenvalue weighted by atomic mass is 10.2. The van der Waals surface area contributed by atoms with Crippen molar-refractivity contribution >= 4 is 21.6 Å². The summed E-state index contributed by atoms with van der Waals surface area (Å²) in [6.07, 6.45) is 5.04. The number of nitrogens with zero attached hydrogens (tertiary/aromatic N) is 1. The van der Waals surface area contributed by atoms with Gasteiger partial charge in [-0.25, -0.2) is 12.8 Å². The summed E-state index contributed by atoms with van der Waals surface area (Å²) >= 11 is 0. The van der Waals surface area contributed by atoms with Crippen molar-refractivity contribution in [1.82, 2.24) is 5.32 Å². The first kappa shape index (κ1) is 16.7. The Labute approximate surface area is 130 Å². The molecule has 0 radical (unpaired) electrons. The van der Waals surface area contributed by atoms with Gasteiger partial charge >= 0.3 is 0 Å². The Bertz CT molecular complexity index is 625. The van der Waals surface area contributed by atoms with Crippen LogP contribution < -0.4 is 9.62 Å². The van der Waals surface area contributed by atoms with E-state index in [1.807, 2.05) is 0 Å². The van der Waals surface area contributed by atoms with Gasteiger partial charge < -0.3 is 5.32 Å². The fourth-order valence-electron chi connectivity index (χ4n) is 2.79. The number of halogens is 1. The van der Waals surface area contributed by atoms with E-state index in [-0.39, 0.29) is 17.6 Å². The first-order valence-corrected chi connectivity index (χ1v) is 9.19. The largest absolute Gasteiger partial charge is 0.352 e. The van der Waals surface area contributed by atoms with Crippen molar-refractivity contribution in [2.75, 3.05) is 10.6 Å². The molecular weight excluding hydrogens is 307 g/mol. The number of nitrogens with one attached hydrogen (secondary N) is 1. The topological polar surface area (TPSA) is 66.5 Å². The molecule has 22 heavy (non-hydrogen) atoms. The van der Waals surface area contributed by atoms with Gasteiger partial charge in [0.25, 0.3) is 0 Å². The molecule has 5 nitrogen and oxygen atoms in total. The standard InChI is InChI=1S/C15H21FN2O3S/c1-11(15(19)17-13-5-3-4-6-13)18(22(2,20)21)14-9-7-12(16)8-10-14/h7-11,13H,3-6H2,1-2H3,(H,17,19)/t11-/m1/s1. The number of sulfonamides is 1. The summed E-state index contributed by atoms with van der Waals surface area (Å²) in [6, 6.07) is 4.29. The molecule has 1 aliphatic rings. The van der Waals surface area contributed by atoms with Gasteiger partial charge in [-0.3, -0.25) is 9.10 Å². The number of benzene rings is 1. The molecule has 1 atom stereocenters. The normalized spacial score (nSPS) is 17.2. The SMILES string of the molecule is C[C@H](C(=O)NC1CCCC1)N(c1ccc(F)cc1)S(C)(=O)=O. The third kappa shape index (κ3) is 3.97. The van der Waals surface area contributed by atoms with Crippen LogP contribution in [0.3, 0.4) is 0 Å². The van der Waals surface area contributed by atoms with Crippen LogP contribution in [0.4, 0.5) is 10.1 Å². The lowest BCUT2D eigenvalue weighted by molar-refractivity contribution is -0.122. The molecule has 0 unspecified atom stereocenters. The number of carbonyl (C=O) groups is 1. The minimum atomic E-state index is -3.66. The van der Waals surface area contributed by atoms with Crippen LogP contribution in [0.15, 0.2) is 24.3 Å². The van der Waals surface area contributed by atoms with Crippen molar-refractivity contribution < 1.29 is 17.6 Å². The summed E-state index contributed by atoms with van der Waals surface area (Å²) in [5.41, 5.74) is 0.276. The van der Waals surface area contributed by atoms with Crippen LogP contribution >= 0.6 is 0 Å². The average molecular weight is 328 g/mol. The van der Waals surface area contributed by atoms with Crippen LogP contribution in [0.2, 0.25) is 0 Å². The van der Waals surface area contributed by atoms with Gasteiger partial charge in [0.15, 0.2) is 0 Å². The summed E-state index contributed by atoms with van der Waals surface area (Å²) in [6.45, 7) is 1.54. The van der Waals surface area contributed by atoms with Gasteiger partial charge in [-0.15, -0.1) is 0 Å². The second kappa shape index (κ2) is 6.64. The van der Waals surface area contributed by atoms with Crippen LogP contribution in [0.25, 0.3) is 0 Å². The second-order valence-corrected chi connectivity index (χ2v) is 7.56. The highest BCUT2D eigenvalue weighted by molar-refractivity contribution is 7.92. The number of hydrogen-bond donors (Lipinski definition) is 1. The van der Waals surface area contributed by atoms with Gasteiger partial charge in [-0.2, -0.15) is 0 Å². The zero-order chi connectivity index (χ0) is 16.3. The number of hydrogen-bond acceptors (Lipinski definition) is 3. The van der Waals surface area contributed by atoms with Gasteiger partial charge in [-0.1, -0.05) is 12.8 Å². The first-order valence-electron chi connectivity index (χ1n) is 7.34. The van der Waals surface area contributed by atoms with E-state index in [0.717, 1.165) is 36.2 Å². The number of amides is 1. The van der Waals surface area contributed by atoms with Crippen molar-refractivity contribution in [1.29, 1.82) is 0 Å². The molecule has 1 aromatic carbocycles. The molecule has 1 amide bonds. The van der Waals surface area contributed by atoms with Crippen LogP contribution in [0.5, 0.6) is 0 Å². The Balaban J connectivity index is 2.21. The molecular formula is C15H21FN2O3S. The molecule has 122 valence electrons. The molecule has 0 heterocycles. The zero-order valence-corrected chi connectivity index (χ0v) is 13.6. The Kier molecular flexibility index (Phi) is 5.05. The van der Waals surface area contributed by atoms with Crippen molar-refractivity contribution in [3.05, 3.63) is 30.1 Å². The number of anilines is 1. The van der Waals surface area contributed by atoms with Gasteiger partial charge in [0.2, 0.25) is 15.9 Å². The zero-order valence-electron chi connectivity index (χ0n) is 12.8. The molecule has 0 aromatic heterocycles. The Morgan fingerprint density at radius 1 is 1.27 bits per heavy atom. The minimum Gasteiger partial charge on any atom is -0.352 e. The molecule has 7 heteroatoms. The number of rotatable bonds is 5. The first-order chi connectivity index (χ1) is 10.3. The van der Waals surface area contributed by atoms with Crippen LogP contribution in [0.1, 0.15) is 32.6 Å². The maximum absolute atomic E-state index is 13.0. The maximum atomic E-state index is 13.0. The van der Waals surface area contributed by atoms with E-state index >= 15 is 0 Å². The molecule has 0 spiro atoms. The predicted octanol–water partition coefficient (Wildman–Crippen LogP) is 2.04. The molecule has 1 N–H and O–H groups in total. The Hall–Kier alpha value is -1.63. The molecule has 0 bridgehead atoms. The molecule has 1 aliphatic carbocycles. The molecule has 2 rings (SSSR count).